The van der Waals surface area contributed by atoms with E-state index in [-0.39, 0.29) is 18.0 Å². The Morgan fingerprint density at radius 2 is 2.27 bits per heavy atom. The van der Waals surface area contributed by atoms with Crippen LogP contribution in [0, 0.1) is 6.92 Å². The van der Waals surface area contributed by atoms with Crippen LogP contribution in [0.25, 0.3) is 11.0 Å². The van der Waals surface area contributed by atoms with E-state index in [4.69, 9.17) is 9.15 Å². The normalized spacial score (nSPS) is 11.2. The Morgan fingerprint density at radius 3 is 3.08 bits per heavy atom. The molecular weight excluding hydrogens is 354 g/mol. The van der Waals surface area contributed by atoms with E-state index < -0.39 is 0 Å². The molecule has 1 aromatic carbocycles. The Kier molecular flexibility index (Phi) is 5.43. The number of fused-ring (bicyclic) bond motifs is 1. The zero-order valence-corrected chi connectivity index (χ0v) is 15.1. The van der Waals surface area contributed by atoms with Gasteiger partial charge in [-0.1, -0.05) is 12.1 Å². The number of carbonyl (C=O) groups excluding carboxylic acids is 1. The highest BCUT2D eigenvalue weighted by Crippen LogP contribution is 2.18. The number of ether oxygens (including phenoxy) is 1. The van der Waals surface area contributed by atoms with Crippen molar-refractivity contribution in [3.63, 3.8) is 0 Å². The van der Waals surface area contributed by atoms with Crippen molar-refractivity contribution in [1.29, 1.82) is 0 Å². The molecule has 0 radical (unpaired) electrons. The highest BCUT2D eigenvalue weighted by Gasteiger charge is 2.08. The molecule has 1 N–H and O–H groups in total. The van der Waals surface area contributed by atoms with Gasteiger partial charge in [-0.15, -0.1) is 11.3 Å². The fraction of sp³-hybridized carbons (Fsp3) is 0.222. The number of esters is 1. The summed E-state index contributed by atoms with van der Waals surface area (Å²) in [6.45, 7) is 3.98. The van der Waals surface area contributed by atoms with Crippen LogP contribution in [0.4, 0.5) is 5.13 Å². The number of hydrazone groups is 1. The third-order valence-corrected chi connectivity index (χ3v) is 4.33. The Hall–Kier alpha value is -3.00. The van der Waals surface area contributed by atoms with Crippen LogP contribution in [0.5, 0.6) is 0 Å². The summed E-state index contributed by atoms with van der Waals surface area (Å²) in [7, 11) is 0. The average molecular weight is 371 g/mol. The number of hydrogen-bond acceptors (Lipinski definition) is 8. The van der Waals surface area contributed by atoms with Crippen molar-refractivity contribution in [2.24, 2.45) is 5.10 Å². The maximum atomic E-state index is 11.5. The van der Waals surface area contributed by atoms with E-state index in [1.54, 1.807) is 24.6 Å². The molecule has 0 fully saturated rings. The number of hydrogen-bond donors (Lipinski definition) is 1. The standard InChI is InChI=1S/C18H17N3O4S/c1-3-24-16(22)8-13-10-26-18(20-13)21-19-9-12-4-5-14-11(2)6-17(23)25-15(14)7-12/h4-7,9-10H,3,8H2,1-2H3,(H,20,21). The van der Waals surface area contributed by atoms with Crippen molar-refractivity contribution in [2.45, 2.75) is 20.3 Å². The number of aryl methyl sites for hydroxylation is 1. The minimum atomic E-state index is -0.376. The zero-order valence-electron chi connectivity index (χ0n) is 14.3. The topological polar surface area (TPSA) is 93.8 Å². The van der Waals surface area contributed by atoms with E-state index in [9.17, 15) is 9.59 Å². The molecule has 8 heteroatoms. The van der Waals surface area contributed by atoms with Crippen LogP contribution in [0.3, 0.4) is 0 Å². The fourth-order valence-corrected chi connectivity index (χ4v) is 3.04. The molecule has 0 bridgehead atoms. The second-order valence-electron chi connectivity index (χ2n) is 5.50. The summed E-state index contributed by atoms with van der Waals surface area (Å²) in [5.74, 6) is -0.305. The lowest BCUT2D eigenvalue weighted by molar-refractivity contribution is -0.142. The molecule has 0 amide bonds. The molecule has 2 heterocycles. The summed E-state index contributed by atoms with van der Waals surface area (Å²) in [5, 5.41) is 7.37. The van der Waals surface area contributed by atoms with E-state index in [1.807, 2.05) is 19.1 Å². The SMILES string of the molecule is CCOC(=O)Cc1csc(NN=Cc2ccc3c(C)cc(=O)oc3c2)n1. The highest BCUT2D eigenvalue weighted by molar-refractivity contribution is 7.13. The minimum Gasteiger partial charge on any atom is -0.466 e. The van der Waals surface area contributed by atoms with Gasteiger partial charge in [0.2, 0.25) is 5.13 Å². The smallest absolute Gasteiger partial charge is 0.336 e. The lowest BCUT2D eigenvalue weighted by Gasteiger charge is -2.01. The molecule has 3 rings (SSSR count). The van der Waals surface area contributed by atoms with E-state index in [2.05, 4.69) is 15.5 Å². The number of carbonyl (C=O) groups is 1. The molecular formula is C18H17N3O4S. The molecule has 26 heavy (non-hydrogen) atoms. The fourth-order valence-electron chi connectivity index (χ4n) is 2.38. The molecule has 7 nitrogen and oxygen atoms in total. The summed E-state index contributed by atoms with van der Waals surface area (Å²) < 4.78 is 10.1. The Labute approximate surface area is 153 Å². The third-order valence-electron chi connectivity index (χ3n) is 3.53. The van der Waals surface area contributed by atoms with Crippen LogP contribution in [0.15, 0.2) is 44.0 Å². The molecule has 2 aromatic heterocycles. The largest absolute Gasteiger partial charge is 0.466 e. The first-order valence-electron chi connectivity index (χ1n) is 7.99. The maximum absolute atomic E-state index is 11.5. The molecule has 0 aliphatic rings. The van der Waals surface area contributed by atoms with Crippen LogP contribution in [0.1, 0.15) is 23.7 Å². The predicted molar refractivity (Wildman–Crippen MR) is 101 cm³/mol. The van der Waals surface area contributed by atoms with Gasteiger partial charge in [0, 0.05) is 16.8 Å². The Morgan fingerprint density at radius 1 is 1.42 bits per heavy atom. The first-order chi connectivity index (χ1) is 12.5. The Balaban J connectivity index is 1.67. The number of benzene rings is 1. The van der Waals surface area contributed by atoms with Crippen molar-refractivity contribution >= 4 is 39.6 Å². The molecule has 0 unspecified atom stereocenters. The van der Waals surface area contributed by atoms with Crippen LogP contribution in [-0.2, 0) is 16.0 Å². The molecule has 134 valence electrons. The molecule has 0 atom stereocenters. The molecule has 0 aliphatic carbocycles. The van der Waals surface area contributed by atoms with Crippen molar-refractivity contribution in [3.8, 4) is 0 Å². The van der Waals surface area contributed by atoms with Gasteiger partial charge >= 0.3 is 11.6 Å². The van der Waals surface area contributed by atoms with Crippen LogP contribution in [-0.4, -0.2) is 23.8 Å². The highest BCUT2D eigenvalue weighted by atomic mass is 32.1. The number of aromatic nitrogens is 1. The molecule has 0 saturated carbocycles. The van der Waals surface area contributed by atoms with Gasteiger partial charge in [-0.05, 0) is 31.0 Å². The van der Waals surface area contributed by atoms with Gasteiger partial charge in [0.25, 0.3) is 0 Å². The number of nitrogens with zero attached hydrogens (tertiary/aromatic N) is 2. The van der Waals surface area contributed by atoms with Gasteiger partial charge in [-0.3, -0.25) is 10.2 Å². The van der Waals surface area contributed by atoms with Crippen LogP contribution < -0.4 is 11.1 Å². The first kappa shape index (κ1) is 17.8. The number of rotatable bonds is 6. The van der Waals surface area contributed by atoms with Crippen LogP contribution >= 0.6 is 11.3 Å². The van der Waals surface area contributed by atoms with Gasteiger partial charge < -0.3 is 9.15 Å². The van der Waals surface area contributed by atoms with Crippen molar-refractivity contribution < 1.29 is 13.9 Å². The van der Waals surface area contributed by atoms with E-state index in [0.717, 1.165) is 16.5 Å². The van der Waals surface area contributed by atoms with Gasteiger partial charge in [-0.25, -0.2) is 9.78 Å². The van der Waals surface area contributed by atoms with Gasteiger partial charge in [-0.2, -0.15) is 5.10 Å². The van der Waals surface area contributed by atoms with Gasteiger partial charge in [0.1, 0.15) is 5.58 Å². The predicted octanol–water partition coefficient (Wildman–Crippen LogP) is 3.11. The molecule has 0 spiro atoms. The number of anilines is 1. The second kappa shape index (κ2) is 7.92. The van der Waals surface area contributed by atoms with Crippen LogP contribution in [0.2, 0.25) is 0 Å². The van der Waals surface area contributed by atoms with Crippen molar-refractivity contribution in [3.05, 3.63) is 56.9 Å². The summed E-state index contributed by atoms with van der Waals surface area (Å²) in [6, 6.07) is 6.99. The number of nitrogens with one attached hydrogen (secondary N) is 1. The number of thiazole rings is 1. The Bertz CT molecular complexity index is 1020. The monoisotopic (exact) mass is 371 g/mol. The minimum absolute atomic E-state index is 0.138. The first-order valence-corrected chi connectivity index (χ1v) is 8.86. The zero-order chi connectivity index (χ0) is 18.5. The molecule has 0 aliphatic heterocycles. The third kappa shape index (κ3) is 4.34. The van der Waals surface area contributed by atoms with E-state index in [0.29, 0.717) is 23.0 Å². The summed E-state index contributed by atoms with van der Waals surface area (Å²) >= 11 is 1.35. The lowest BCUT2D eigenvalue weighted by atomic mass is 10.1. The molecule has 0 saturated heterocycles. The quantitative estimate of drug-likeness (QED) is 0.310. The second-order valence-corrected chi connectivity index (χ2v) is 6.36. The van der Waals surface area contributed by atoms with Gasteiger partial charge in [0.05, 0.1) is 24.9 Å². The maximum Gasteiger partial charge on any atom is 0.336 e. The molecule has 3 aromatic rings. The van der Waals surface area contributed by atoms with Gasteiger partial charge in [0.15, 0.2) is 0 Å². The van der Waals surface area contributed by atoms with E-state index >= 15 is 0 Å². The van der Waals surface area contributed by atoms with Crippen molar-refractivity contribution in [1.82, 2.24) is 4.98 Å². The summed E-state index contributed by atoms with van der Waals surface area (Å²) in [5.41, 5.74) is 5.25. The van der Waals surface area contributed by atoms with E-state index in [1.165, 1.54) is 17.4 Å². The average Bonchev–Trinajstić information content (AvgIpc) is 3.01. The lowest BCUT2D eigenvalue weighted by Crippen LogP contribution is -2.07. The summed E-state index contributed by atoms with van der Waals surface area (Å²) in [4.78, 5) is 27.2. The summed E-state index contributed by atoms with van der Waals surface area (Å²) in [6.07, 6.45) is 1.74. The van der Waals surface area contributed by atoms with Crippen molar-refractivity contribution in [2.75, 3.05) is 12.0 Å².